The molecule has 1 N–H and O–H groups in total. The van der Waals surface area contributed by atoms with Crippen molar-refractivity contribution >= 4 is 40.8 Å². The van der Waals surface area contributed by atoms with E-state index in [2.05, 4.69) is 10.4 Å². The van der Waals surface area contributed by atoms with Gasteiger partial charge in [0.1, 0.15) is 0 Å². The van der Waals surface area contributed by atoms with Crippen molar-refractivity contribution in [3.05, 3.63) is 92.3 Å². The fourth-order valence-corrected chi connectivity index (χ4v) is 2.88. The number of esters is 1. The highest BCUT2D eigenvalue weighted by Crippen LogP contribution is 2.29. The molecule has 0 aliphatic rings. The van der Waals surface area contributed by atoms with Crippen LogP contribution in [0.4, 0.5) is 5.69 Å². The molecule has 0 saturated carbocycles. The van der Waals surface area contributed by atoms with Gasteiger partial charge in [0, 0.05) is 6.07 Å². The quantitative estimate of drug-likeness (QED) is 0.582. The summed E-state index contributed by atoms with van der Waals surface area (Å²) in [6, 6.07) is 16.5. The van der Waals surface area contributed by atoms with E-state index in [0.29, 0.717) is 5.69 Å². The molecule has 30 heavy (non-hydrogen) atoms. The van der Waals surface area contributed by atoms with Gasteiger partial charge in [0.25, 0.3) is 11.5 Å². The van der Waals surface area contributed by atoms with Crippen LogP contribution in [0.25, 0.3) is 0 Å². The Bertz CT molecular complexity index is 1130. The van der Waals surface area contributed by atoms with Crippen LogP contribution in [0.5, 0.6) is 0 Å². The third-order valence-electron chi connectivity index (χ3n) is 4.11. The van der Waals surface area contributed by atoms with Crippen LogP contribution in [0, 0.1) is 0 Å². The summed E-state index contributed by atoms with van der Waals surface area (Å²) in [5.41, 5.74) is 0.693. The maximum atomic E-state index is 12.4. The molecule has 154 valence electrons. The van der Waals surface area contributed by atoms with Gasteiger partial charge >= 0.3 is 5.97 Å². The molecule has 3 rings (SSSR count). The Morgan fingerprint density at radius 1 is 1.07 bits per heavy atom. The van der Waals surface area contributed by atoms with Gasteiger partial charge in [-0.25, -0.2) is 9.48 Å². The standard InChI is InChI=1S/C21H17Cl2N3O4/c1-13(20(28)24-16-9-5-8-15(22)19(16)23)30-21(29)17-10-11-18(27)26(25-17)12-14-6-3-2-4-7-14/h2-11,13H,12H2,1H3,(H,24,28). The number of ether oxygens (including phenoxy) is 1. The third kappa shape index (κ3) is 5.25. The Hall–Kier alpha value is -3.16. The molecule has 0 aliphatic heterocycles. The second-order valence-electron chi connectivity index (χ2n) is 6.34. The third-order valence-corrected chi connectivity index (χ3v) is 4.93. The molecule has 0 saturated heterocycles. The summed E-state index contributed by atoms with van der Waals surface area (Å²) >= 11 is 12.0. The Morgan fingerprint density at radius 2 is 1.80 bits per heavy atom. The zero-order valence-electron chi connectivity index (χ0n) is 15.8. The van der Waals surface area contributed by atoms with Crippen LogP contribution in [-0.2, 0) is 16.1 Å². The summed E-state index contributed by atoms with van der Waals surface area (Å²) in [6.45, 7) is 1.61. The number of halogens is 2. The van der Waals surface area contributed by atoms with Crippen molar-refractivity contribution in [2.45, 2.75) is 19.6 Å². The van der Waals surface area contributed by atoms with Crippen molar-refractivity contribution in [1.29, 1.82) is 0 Å². The maximum Gasteiger partial charge on any atom is 0.359 e. The molecule has 0 aliphatic carbocycles. The van der Waals surface area contributed by atoms with E-state index in [0.717, 1.165) is 10.2 Å². The second kappa shape index (κ2) is 9.56. The van der Waals surface area contributed by atoms with E-state index in [1.807, 2.05) is 30.3 Å². The summed E-state index contributed by atoms with van der Waals surface area (Å²) in [5, 5.41) is 7.06. The summed E-state index contributed by atoms with van der Waals surface area (Å²) in [4.78, 5) is 36.8. The van der Waals surface area contributed by atoms with Crippen molar-refractivity contribution in [1.82, 2.24) is 9.78 Å². The molecular formula is C21H17Cl2N3O4. The van der Waals surface area contributed by atoms with Crippen LogP contribution in [-0.4, -0.2) is 27.8 Å². The highest BCUT2D eigenvalue weighted by atomic mass is 35.5. The van der Waals surface area contributed by atoms with Gasteiger partial charge in [0.15, 0.2) is 11.8 Å². The summed E-state index contributed by atoms with van der Waals surface area (Å²) in [5.74, 6) is -1.43. The Balaban J connectivity index is 1.69. The van der Waals surface area contributed by atoms with Gasteiger partial charge in [0.05, 0.1) is 22.3 Å². The Morgan fingerprint density at radius 3 is 2.53 bits per heavy atom. The molecule has 0 fully saturated rings. The molecule has 9 heteroatoms. The van der Waals surface area contributed by atoms with Crippen LogP contribution < -0.4 is 10.9 Å². The first kappa shape index (κ1) is 21.5. The minimum Gasteiger partial charge on any atom is -0.448 e. The predicted molar refractivity (Wildman–Crippen MR) is 114 cm³/mol. The fraction of sp³-hybridized carbons (Fsp3) is 0.143. The van der Waals surface area contributed by atoms with Crippen molar-refractivity contribution in [3.63, 3.8) is 0 Å². The van der Waals surface area contributed by atoms with Gasteiger partial charge in [-0.05, 0) is 30.7 Å². The molecule has 3 aromatic rings. The van der Waals surface area contributed by atoms with Gasteiger partial charge in [0.2, 0.25) is 0 Å². The van der Waals surface area contributed by atoms with Crippen LogP contribution in [0.2, 0.25) is 10.0 Å². The lowest BCUT2D eigenvalue weighted by atomic mass is 10.2. The van der Waals surface area contributed by atoms with E-state index in [1.54, 1.807) is 18.2 Å². The van der Waals surface area contributed by atoms with Crippen LogP contribution >= 0.6 is 23.2 Å². The Kier molecular flexibility index (Phi) is 6.87. The molecule has 1 aromatic heterocycles. The topological polar surface area (TPSA) is 90.3 Å². The highest BCUT2D eigenvalue weighted by Gasteiger charge is 2.21. The summed E-state index contributed by atoms with van der Waals surface area (Å²) < 4.78 is 6.34. The number of nitrogens with one attached hydrogen (secondary N) is 1. The first-order valence-corrected chi connectivity index (χ1v) is 9.68. The number of nitrogens with zero attached hydrogens (tertiary/aromatic N) is 2. The van der Waals surface area contributed by atoms with Crippen LogP contribution in [0.15, 0.2) is 65.5 Å². The monoisotopic (exact) mass is 445 g/mol. The molecule has 0 bridgehead atoms. The van der Waals surface area contributed by atoms with Crippen LogP contribution in [0.3, 0.4) is 0 Å². The molecule has 0 radical (unpaired) electrons. The minimum atomic E-state index is -1.14. The van der Waals surface area contributed by atoms with E-state index in [-0.39, 0.29) is 27.8 Å². The lowest BCUT2D eigenvalue weighted by molar-refractivity contribution is -0.123. The molecule has 1 amide bonds. The summed E-state index contributed by atoms with van der Waals surface area (Å²) in [6.07, 6.45) is -1.14. The Labute approximate surface area is 182 Å². The van der Waals surface area contributed by atoms with Gasteiger partial charge in [-0.1, -0.05) is 59.6 Å². The van der Waals surface area contributed by atoms with E-state index >= 15 is 0 Å². The average molecular weight is 446 g/mol. The smallest absolute Gasteiger partial charge is 0.359 e. The molecule has 1 heterocycles. The van der Waals surface area contributed by atoms with Gasteiger partial charge in [-0.15, -0.1) is 0 Å². The van der Waals surface area contributed by atoms with Crippen molar-refractivity contribution in [3.8, 4) is 0 Å². The number of carbonyl (C=O) groups excluding carboxylic acids is 2. The molecule has 7 nitrogen and oxygen atoms in total. The molecule has 1 unspecified atom stereocenters. The number of hydrogen-bond acceptors (Lipinski definition) is 5. The average Bonchev–Trinajstić information content (AvgIpc) is 2.73. The highest BCUT2D eigenvalue weighted by molar-refractivity contribution is 6.44. The molecular weight excluding hydrogens is 429 g/mol. The first-order chi connectivity index (χ1) is 14.3. The lowest BCUT2D eigenvalue weighted by Crippen LogP contribution is -2.31. The predicted octanol–water partition coefficient (Wildman–Crippen LogP) is 3.78. The van der Waals surface area contributed by atoms with Gasteiger partial charge < -0.3 is 10.1 Å². The SMILES string of the molecule is CC(OC(=O)c1ccc(=O)n(Cc2ccccc2)n1)C(=O)Nc1cccc(Cl)c1Cl. The first-order valence-electron chi connectivity index (χ1n) is 8.93. The fourth-order valence-electron chi connectivity index (χ4n) is 2.54. The van der Waals surface area contributed by atoms with E-state index in [4.69, 9.17) is 27.9 Å². The number of hydrogen-bond donors (Lipinski definition) is 1. The second-order valence-corrected chi connectivity index (χ2v) is 7.12. The van der Waals surface area contributed by atoms with Crippen molar-refractivity contribution < 1.29 is 14.3 Å². The lowest BCUT2D eigenvalue weighted by Gasteiger charge is -2.14. The van der Waals surface area contributed by atoms with E-state index in [1.165, 1.54) is 19.1 Å². The normalized spacial score (nSPS) is 11.6. The summed E-state index contributed by atoms with van der Waals surface area (Å²) in [7, 11) is 0. The van der Waals surface area contributed by atoms with Gasteiger partial charge in [-0.3, -0.25) is 9.59 Å². The van der Waals surface area contributed by atoms with E-state index in [9.17, 15) is 14.4 Å². The van der Waals surface area contributed by atoms with Gasteiger partial charge in [-0.2, -0.15) is 5.10 Å². The van der Waals surface area contributed by atoms with Crippen molar-refractivity contribution in [2.24, 2.45) is 0 Å². The number of rotatable bonds is 6. The number of carbonyl (C=O) groups is 2. The minimum absolute atomic E-state index is 0.0917. The van der Waals surface area contributed by atoms with Crippen LogP contribution in [0.1, 0.15) is 23.0 Å². The zero-order chi connectivity index (χ0) is 21.7. The number of anilines is 1. The molecule has 0 spiro atoms. The largest absolute Gasteiger partial charge is 0.448 e. The maximum absolute atomic E-state index is 12.4. The number of benzene rings is 2. The molecule has 1 atom stereocenters. The molecule has 2 aromatic carbocycles. The number of amides is 1. The van der Waals surface area contributed by atoms with E-state index < -0.39 is 18.0 Å². The van der Waals surface area contributed by atoms with Crippen molar-refractivity contribution in [2.75, 3.05) is 5.32 Å². The zero-order valence-corrected chi connectivity index (χ0v) is 17.4. The number of aromatic nitrogens is 2.